The highest BCUT2D eigenvalue weighted by atomic mass is 16.5. The minimum absolute atomic E-state index is 0.136. The zero-order valence-electron chi connectivity index (χ0n) is 13.8. The summed E-state index contributed by atoms with van der Waals surface area (Å²) in [6.07, 6.45) is 0.968. The van der Waals surface area contributed by atoms with Gasteiger partial charge in [0.1, 0.15) is 5.70 Å². The van der Waals surface area contributed by atoms with E-state index in [-0.39, 0.29) is 11.5 Å². The molecule has 0 aliphatic heterocycles. The number of carbonyl (C=O) groups excluding carboxylic acids is 3. The lowest BCUT2D eigenvalue weighted by molar-refractivity contribution is -0.138. The van der Waals surface area contributed by atoms with E-state index in [1.165, 1.54) is 14.2 Å². The number of ether oxygens (including phenoxy) is 2. The highest BCUT2D eigenvalue weighted by Gasteiger charge is 2.17. The fourth-order valence-electron chi connectivity index (χ4n) is 2.11. The molecule has 1 N–H and O–H groups in total. The molecule has 0 saturated heterocycles. The molecule has 0 unspecified atom stereocenters. The van der Waals surface area contributed by atoms with Crippen molar-refractivity contribution < 1.29 is 23.9 Å². The Labute approximate surface area is 145 Å². The van der Waals surface area contributed by atoms with E-state index in [0.717, 1.165) is 6.08 Å². The van der Waals surface area contributed by atoms with E-state index in [2.05, 4.69) is 14.8 Å². The number of ketones is 1. The lowest BCUT2D eigenvalue weighted by Crippen LogP contribution is -2.17. The zero-order valence-corrected chi connectivity index (χ0v) is 13.8. The van der Waals surface area contributed by atoms with E-state index in [1.807, 2.05) is 6.07 Å². The predicted octanol–water partition coefficient (Wildman–Crippen LogP) is 2.56. The molecule has 0 aliphatic carbocycles. The molecule has 25 heavy (non-hydrogen) atoms. The number of nitrogens with one attached hydrogen (secondary N) is 1. The third-order valence-electron chi connectivity index (χ3n) is 3.35. The van der Waals surface area contributed by atoms with Crippen LogP contribution in [0.25, 0.3) is 0 Å². The summed E-state index contributed by atoms with van der Waals surface area (Å²) in [7, 11) is 2.39. The SMILES string of the molecule is COC(=O)/C=C(/Nc1ccccc1C(=O)c1ccccc1)C(=O)OC. The Morgan fingerprint density at radius 1 is 0.880 bits per heavy atom. The van der Waals surface area contributed by atoms with Crippen molar-refractivity contribution in [3.8, 4) is 0 Å². The van der Waals surface area contributed by atoms with Crippen LogP contribution in [0.1, 0.15) is 15.9 Å². The number of esters is 2. The molecule has 0 amide bonds. The molecular formula is C19H17NO5. The second-order valence-electron chi connectivity index (χ2n) is 4.94. The van der Waals surface area contributed by atoms with Crippen molar-refractivity contribution in [2.45, 2.75) is 0 Å². The van der Waals surface area contributed by atoms with E-state index >= 15 is 0 Å². The van der Waals surface area contributed by atoms with Crippen molar-refractivity contribution in [2.75, 3.05) is 19.5 Å². The molecule has 0 aliphatic rings. The molecular weight excluding hydrogens is 322 g/mol. The summed E-state index contributed by atoms with van der Waals surface area (Å²) in [5, 5.41) is 2.78. The molecule has 6 heteroatoms. The number of methoxy groups -OCH3 is 2. The first-order chi connectivity index (χ1) is 12.1. The summed E-state index contributed by atoms with van der Waals surface area (Å²) in [5.74, 6) is -1.70. The van der Waals surface area contributed by atoms with Crippen LogP contribution in [0.4, 0.5) is 5.69 Å². The Kier molecular flexibility index (Phi) is 6.06. The van der Waals surface area contributed by atoms with Gasteiger partial charge in [-0.3, -0.25) is 4.79 Å². The van der Waals surface area contributed by atoms with Gasteiger partial charge in [0.05, 0.1) is 20.3 Å². The Morgan fingerprint density at radius 3 is 2.16 bits per heavy atom. The highest BCUT2D eigenvalue weighted by molar-refractivity contribution is 6.13. The molecule has 2 aromatic rings. The Bertz CT molecular complexity index is 812. The van der Waals surface area contributed by atoms with Crippen LogP contribution >= 0.6 is 0 Å². The topological polar surface area (TPSA) is 81.7 Å². The average molecular weight is 339 g/mol. The van der Waals surface area contributed by atoms with Crippen molar-refractivity contribution in [3.05, 3.63) is 77.5 Å². The Hall–Kier alpha value is -3.41. The predicted molar refractivity (Wildman–Crippen MR) is 92.1 cm³/mol. The third kappa shape index (κ3) is 4.54. The molecule has 0 atom stereocenters. The quantitative estimate of drug-likeness (QED) is 0.495. The van der Waals surface area contributed by atoms with Crippen molar-refractivity contribution in [1.82, 2.24) is 0 Å². The molecule has 2 rings (SSSR count). The van der Waals surface area contributed by atoms with Crippen LogP contribution in [0, 0.1) is 0 Å². The van der Waals surface area contributed by atoms with Gasteiger partial charge in [-0.05, 0) is 12.1 Å². The first-order valence-corrected chi connectivity index (χ1v) is 7.40. The number of rotatable bonds is 6. The molecule has 0 spiro atoms. The Morgan fingerprint density at radius 2 is 1.52 bits per heavy atom. The molecule has 0 fully saturated rings. The van der Waals surface area contributed by atoms with Crippen molar-refractivity contribution >= 4 is 23.4 Å². The van der Waals surface area contributed by atoms with E-state index in [4.69, 9.17) is 0 Å². The van der Waals surface area contributed by atoms with Crippen molar-refractivity contribution in [1.29, 1.82) is 0 Å². The monoisotopic (exact) mass is 339 g/mol. The van der Waals surface area contributed by atoms with E-state index in [0.29, 0.717) is 16.8 Å². The van der Waals surface area contributed by atoms with Crippen LogP contribution in [0.3, 0.4) is 0 Å². The largest absolute Gasteiger partial charge is 0.466 e. The van der Waals surface area contributed by atoms with Crippen LogP contribution in [-0.4, -0.2) is 31.9 Å². The van der Waals surface area contributed by atoms with Gasteiger partial charge in [-0.25, -0.2) is 9.59 Å². The summed E-state index contributed by atoms with van der Waals surface area (Å²) < 4.78 is 9.18. The smallest absolute Gasteiger partial charge is 0.354 e. The number of anilines is 1. The molecule has 0 heterocycles. The lowest BCUT2D eigenvalue weighted by Gasteiger charge is -2.13. The minimum Gasteiger partial charge on any atom is -0.466 e. The van der Waals surface area contributed by atoms with Gasteiger partial charge in [-0.15, -0.1) is 0 Å². The van der Waals surface area contributed by atoms with E-state index in [9.17, 15) is 14.4 Å². The first kappa shape index (κ1) is 17.9. The molecule has 128 valence electrons. The molecule has 0 bridgehead atoms. The van der Waals surface area contributed by atoms with Gasteiger partial charge < -0.3 is 14.8 Å². The molecule has 2 aromatic carbocycles. The summed E-state index contributed by atoms with van der Waals surface area (Å²) in [6.45, 7) is 0. The summed E-state index contributed by atoms with van der Waals surface area (Å²) in [6, 6.07) is 15.4. The van der Waals surface area contributed by atoms with Crippen LogP contribution in [0.5, 0.6) is 0 Å². The van der Waals surface area contributed by atoms with Gasteiger partial charge in [0.15, 0.2) is 5.78 Å². The number of hydrogen-bond donors (Lipinski definition) is 1. The van der Waals surface area contributed by atoms with Crippen LogP contribution in [-0.2, 0) is 19.1 Å². The summed E-state index contributed by atoms with van der Waals surface area (Å²) >= 11 is 0. The number of hydrogen-bond acceptors (Lipinski definition) is 6. The van der Waals surface area contributed by atoms with Crippen molar-refractivity contribution in [3.63, 3.8) is 0 Å². The van der Waals surface area contributed by atoms with Gasteiger partial charge in [0.2, 0.25) is 0 Å². The molecule has 0 aromatic heterocycles. The highest BCUT2D eigenvalue weighted by Crippen LogP contribution is 2.21. The standard InChI is InChI=1S/C19H17NO5/c1-24-17(21)12-16(19(23)25-2)20-15-11-7-6-10-14(15)18(22)13-8-4-3-5-9-13/h3-12,20H,1-2H3/b16-12+. The third-order valence-corrected chi connectivity index (χ3v) is 3.35. The van der Waals surface area contributed by atoms with Gasteiger partial charge in [-0.1, -0.05) is 42.5 Å². The molecule has 0 radical (unpaired) electrons. The first-order valence-electron chi connectivity index (χ1n) is 7.40. The van der Waals surface area contributed by atoms with Crippen LogP contribution < -0.4 is 5.32 Å². The second kappa shape index (κ2) is 8.44. The normalized spacial score (nSPS) is 10.7. The van der Waals surface area contributed by atoms with Crippen LogP contribution in [0.15, 0.2) is 66.4 Å². The maximum Gasteiger partial charge on any atom is 0.354 e. The fraction of sp³-hybridized carbons (Fsp3) is 0.105. The van der Waals surface area contributed by atoms with E-state index < -0.39 is 11.9 Å². The molecule has 6 nitrogen and oxygen atoms in total. The minimum atomic E-state index is -0.757. The van der Waals surface area contributed by atoms with Gasteiger partial charge in [-0.2, -0.15) is 0 Å². The molecule has 0 saturated carbocycles. The van der Waals surface area contributed by atoms with E-state index in [1.54, 1.807) is 48.5 Å². The second-order valence-corrected chi connectivity index (χ2v) is 4.94. The summed E-state index contributed by atoms with van der Waals surface area (Å²) in [5.41, 5.74) is 1.10. The number of benzene rings is 2. The summed E-state index contributed by atoms with van der Waals surface area (Å²) in [4.78, 5) is 36.0. The lowest BCUT2D eigenvalue weighted by atomic mass is 10.0. The number of para-hydroxylation sites is 1. The van der Waals surface area contributed by atoms with Gasteiger partial charge in [0, 0.05) is 16.8 Å². The van der Waals surface area contributed by atoms with Crippen LogP contribution in [0.2, 0.25) is 0 Å². The maximum absolute atomic E-state index is 12.7. The Balaban J connectivity index is 2.39. The number of carbonyl (C=O) groups is 3. The zero-order chi connectivity index (χ0) is 18.2. The fourth-order valence-corrected chi connectivity index (χ4v) is 2.11. The van der Waals surface area contributed by atoms with Crippen molar-refractivity contribution in [2.24, 2.45) is 0 Å². The maximum atomic E-state index is 12.7. The average Bonchev–Trinajstić information content (AvgIpc) is 2.67. The van der Waals surface area contributed by atoms with Gasteiger partial charge in [0.25, 0.3) is 0 Å². The van der Waals surface area contributed by atoms with Gasteiger partial charge >= 0.3 is 11.9 Å².